The number of amidine groups is 1. The van der Waals surface area contributed by atoms with Gasteiger partial charge in [0.2, 0.25) is 0 Å². The van der Waals surface area contributed by atoms with E-state index in [-0.39, 0.29) is 4.95 Å². The Labute approximate surface area is 95.4 Å². The van der Waals surface area contributed by atoms with Gasteiger partial charge in [0, 0.05) is 13.5 Å². The lowest BCUT2D eigenvalue weighted by Gasteiger charge is -2.24. The quantitative estimate of drug-likeness (QED) is 0.345. The molecule has 0 aliphatic heterocycles. The molecule has 0 heterocycles. The lowest BCUT2D eigenvalue weighted by Crippen LogP contribution is -2.32. The first kappa shape index (κ1) is 13.7. The topological polar surface area (TPSA) is 30.3 Å². The van der Waals surface area contributed by atoms with E-state index in [9.17, 15) is 0 Å². The van der Waals surface area contributed by atoms with E-state index < -0.39 is 0 Å². The molecule has 14 heavy (non-hydrogen) atoms. The van der Waals surface area contributed by atoms with Gasteiger partial charge in [-0.05, 0) is 26.2 Å². The maximum atomic E-state index is 7.75. The normalized spacial score (nSPS) is 12.6. The first-order chi connectivity index (χ1) is 6.52. The number of hydrogen-bond donors (Lipinski definition) is 1. The van der Waals surface area contributed by atoms with Crippen molar-refractivity contribution >= 4 is 21.8 Å². The van der Waals surface area contributed by atoms with Gasteiger partial charge in [0.15, 0.2) is 0 Å². The van der Waals surface area contributed by atoms with Gasteiger partial charge in [-0.1, -0.05) is 29.4 Å². The number of alkyl halides is 1. The number of nitrogens with zero attached hydrogens (tertiary/aromatic N) is 2. The van der Waals surface area contributed by atoms with Crippen molar-refractivity contribution < 1.29 is 0 Å². The zero-order chi connectivity index (χ0) is 11.1. The summed E-state index contributed by atoms with van der Waals surface area (Å²) in [6, 6.07) is 0. The molecule has 0 rings (SSSR count). The molecule has 0 saturated carbocycles. The van der Waals surface area contributed by atoms with Crippen molar-refractivity contribution in [1.82, 2.24) is 9.80 Å². The van der Waals surface area contributed by atoms with Gasteiger partial charge in [0.25, 0.3) is 0 Å². The molecule has 0 aliphatic carbocycles. The second-order valence-corrected chi connectivity index (χ2v) is 4.42. The minimum atomic E-state index is 0.234. The Morgan fingerprint density at radius 3 is 2.57 bits per heavy atom. The zero-order valence-corrected chi connectivity index (χ0v) is 10.8. The molecule has 0 aromatic carbocycles. The summed E-state index contributed by atoms with van der Waals surface area (Å²) in [5.41, 5.74) is 0. The SMILES string of the molecule is C=CN(C)C(=N)CC(Br)N(C)CCC. The van der Waals surface area contributed by atoms with E-state index in [1.165, 1.54) is 0 Å². The van der Waals surface area contributed by atoms with E-state index in [4.69, 9.17) is 5.41 Å². The Balaban J connectivity index is 3.98. The summed E-state index contributed by atoms with van der Waals surface area (Å²) in [7, 11) is 3.90. The summed E-state index contributed by atoms with van der Waals surface area (Å²) >= 11 is 3.57. The van der Waals surface area contributed by atoms with Crippen LogP contribution in [0.1, 0.15) is 19.8 Å². The van der Waals surface area contributed by atoms with Gasteiger partial charge in [-0.25, -0.2) is 0 Å². The Morgan fingerprint density at radius 2 is 2.14 bits per heavy atom. The predicted octanol–water partition coefficient (Wildman–Crippen LogP) is 2.49. The minimum Gasteiger partial charge on any atom is -0.341 e. The van der Waals surface area contributed by atoms with E-state index in [1.807, 2.05) is 7.05 Å². The molecule has 0 spiro atoms. The van der Waals surface area contributed by atoms with Gasteiger partial charge >= 0.3 is 0 Å². The second kappa shape index (κ2) is 7.01. The summed E-state index contributed by atoms with van der Waals surface area (Å²) in [5.74, 6) is 0.574. The average Bonchev–Trinajstić information content (AvgIpc) is 2.16. The maximum Gasteiger partial charge on any atom is 0.102 e. The molecule has 0 radical (unpaired) electrons. The molecule has 1 atom stereocenters. The third kappa shape index (κ3) is 4.77. The molecule has 0 saturated heterocycles. The number of nitrogens with one attached hydrogen (secondary N) is 1. The highest BCUT2D eigenvalue weighted by atomic mass is 79.9. The molecule has 1 N–H and O–H groups in total. The molecule has 0 aliphatic rings. The fourth-order valence-corrected chi connectivity index (χ4v) is 1.57. The first-order valence-electron chi connectivity index (χ1n) is 4.80. The van der Waals surface area contributed by atoms with E-state index in [0.717, 1.165) is 13.0 Å². The van der Waals surface area contributed by atoms with E-state index >= 15 is 0 Å². The summed E-state index contributed by atoms with van der Waals surface area (Å²) < 4.78 is 0. The third-order valence-corrected chi connectivity index (χ3v) is 3.14. The van der Waals surface area contributed by atoms with Crippen LogP contribution >= 0.6 is 15.9 Å². The van der Waals surface area contributed by atoms with Gasteiger partial charge in [0.05, 0.1) is 4.95 Å². The Morgan fingerprint density at radius 1 is 1.57 bits per heavy atom. The molecule has 0 aromatic heterocycles. The fourth-order valence-electron chi connectivity index (χ4n) is 1.06. The smallest absolute Gasteiger partial charge is 0.102 e. The second-order valence-electron chi connectivity index (χ2n) is 3.36. The van der Waals surface area contributed by atoms with Crippen LogP contribution in [0, 0.1) is 5.41 Å². The summed E-state index contributed by atoms with van der Waals surface area (Å²) in [4.78, 5) is 4.16. The largest absolute Gasteiger partial charge is 0.341 e. The van der Waals surface area contributed by atoms with Crippen molar-refractivity contribution in [2.24, 2.45) is 0 Å². The maximum absolute atomic E-state index is 7.75. The molecule has 3 nitrogen and oxygen atoms in total. The van der Waals surface area contributed by atoms with Crippen LogP contribution in [-0.4, -0.2) is 41.2 Å². The molecular weight excluding hydrogens is 242 g/mol. The van der Waals surface area contributed by atoms with E-state index in [0.29, 0.717) is 12.3 Å². The van der Waals surface area contributed by atoms with Crippen molar-refractivity contribution in [3.63, 3.8) is 0 Å². The Hall–Kier alpha value is -0.350. The predicted molar refractivity (Wildman–Crippen MR) is 65.9 cm³/mol. The summed E-state index contributed by atoms with van der Waals surface area (Å²) in [6.45, 7) is 6.82. The van der Waals surface area contributed by atoms with Crippen LogP contribution in [0.2, 0.25) is 0 Å². The Bertz CT molecular complexity index is 194. The molecular formula is C10H20BrN3. The molecule has 0 aromatic rings. The standard InChI is InChI=1S/C10H20BrN3/c1-5-7-14(4)9(11)8-10(12)13(3)6-2/h6,9,12H,2,5,7-8H2,1,3-4H3. The van der Waals surface area contributed by atoms with Gasteiger partial charge in [-0.15, -0.1) is 0 Å². The van der Waals surface area contributed by atoms with Crippen molar-refractivity contribution in [3.8, 4) is 0 Å². The van der Waals surface area contributed by atoms with Crippen LogP contribution in [0.3, 0.4) is 0 Å². The van der Waals surface area contributed by atoms with Crippen LogP contribution in [0.25, 0.3) is 0 Å². The zero-order valence-electron chi connectivity index (χ0n) is 9.26. The lowest BCUT2D eigenvalue weighted by atomic mass is 10.3. The molecule has 0 fully saturated rings. The first-order valence-corrected chi connectivity index (χ1v) is 5.71. The van der Waals surface area contributed by atoms with Gasteiger partial charge in [0.1, 0.15) is 5.84 Å². The molecule has 82 valence electrons. The summed E-state index contributed by atoms with van der Waals surface area (Å²) in [6.07, 6.45) is 3.48. The van der Waals surface area contributed by atoms with Crippen molar-refractivity contribution in [2.75, 3.05) is 20.6 Å². The average molecular weight is 262 g/mol. The van der Waals surface area contributed by atoms with Gasteiger partial charge < -0.3 is 4.90 Å². The monoisotopic (exact) mass is 261 g/mol. The third-order valence-electron chi connectivity index (χ3n) is 2.12. The van der Waals surface area contributed by atoms with Crippen LogP contribution in [0.4, 0.5) is 0 Å². The highest BCUT2D eigenvalue weighted by molar-refractivity contribution is 9.09. The minimum absolute atomic E-state index is 0.234. The van der Waals surface area contributed by atoms with Crippen molar-refractivity contribution in [3.05, 3.63) is 12.8 Å². The van der Waals surface area contributed by atoms with E-state index in [2.05, 4.69) is 41.4 Å². The number of hydrogen-bond acceptors (Lipinski definition) is 2. The number of rotatable bonds is 6. The highest BCUT2D eigenvalue weighted by Gasteiger charge is 2.13. The molecule has 0 bridgehead atoms. The van der Waals surface area contributed by atoms with E-state index in [1.54, 1.807) is 11.1 Å². The van der Waals surface area contributed by atoms with Crippen LogP contribution in [0.15, 0.2) is 12.8 Å². The fraction of sp³-hybridized carbons (Fsp3) is 0.700. The van der Waals surface area contributed by atoms with Gasteiger partial charge in [-0.2, -0.15) is 0 Å². The molecule has 1 unspecified atom stereocenters. The summed E-state index contributed by atoms with van der Waals surface area (Å²) in [5, 5.41) is 7.75. The lowest BCUT2D eigenvalue weighted by molar-refractivity contribution is 0.320. The molecule has 4 heteroatoms. The van der Waals surface area contributed by atoms with Gasteiger partial charge in [-0.3, -0.25) is 10.3 Å². The highest BCUT2D eigenvalue weighted by Crippen LogP contribution is 2.11. The van der Waals surface area contributed by atoms with Crippen molar-refractivity contribution in [2.45, 2.75) is 24.7 Å². The molecule has 0 amide bonds. The number of halogens is 1. The van der Waals surface area contributed by atoms with Crippen LogP contribution in [-0.2, 0) is 0 Å². The van der Waals surface area contributed by atoms with Crippen molar-refractivity contribution in [1.29, 1.82) is 5.41 Å². The Kier molecular flexibility index (Phi) is 6.83. The van der Waals surface area contributed by atoms with Crippen LogP contribution in [0.5, 0.6) is 0 Å². The van der Waals surface area contributed by atoms with Crippen LogP contribution < -0.4 is 0 Å².